The van der Waals surface area contributed by atoms with Gasteiger partial charge in [-0.1, -0.05) is 18.9 Å². The molecular formula is C19H29N3O3S. The number of nitrogens with zero attached hydrogens (tertiary/aromatic N) is 2. The van der Waals surface area contributed by atoms with Gasteiger partial charge in [0.2, 0.25) is 10.0 Å². The van der Waals surface area contributed by atoms with Crippen molar-refractivity contribution in [3.8, 4) is 0 Å². The fourth-order valence-corrected chi connectivity index (χ4v) is 5.34. The monoisotopic (exact) mass is 379 g/mol. The molecule has 0 aliphatic carbocycles. The molecular weight excluding hydrogens is 350 g/mol. The summed E-state index contributed by atoms with van der Waals surface area (Å²) in [6.07, 6.45) is 5.76. The molecule has 0 spiro atoms. The van der Waals surface area contributed by atoms with Crippen molar-refractivity contribution in [3.63, 3.8) is 0 Å². The van der Waals surface area contributed by atoms with Crippen LogP contribution in [0.1, 0.15) is 48.9 Å². The third-order valence-corrected chi connectivity index (χ3v) is 7.41. The van der Waals surface area contributed by atoms with E-state index in [0.717, 1.165) is 38.5 Å². The Hall–Kier alpha value is -1.44. The van der Waals surface area contributed by atoms with Crippen LogP contribution in [0.25, 0.3) is 0 Å². The maximum atomic E-state index is 13.0. The second-order valence-electron chi connectivity index (χ2n) is 7.32. The molecule has 1 amide bonds. The largest absolute Gasteiger partial charge is 0.339 e. The van der Waals surface area contributed by atoms with Gasteiger partial charge in [0.05, 0.1) is 4.90 Å². The molecule has 2 saturated heterocycles. The maximum Gasteiger partial charge on any atom is 0.253 e. The van der Waals surface area contributed by atoms with Crippen LogP contribution in [0.5, 0.6) is 0 Å². The van der Waals surface area contributed by atoms with E-state index in [1.54, 1.807) is 22.5 Å². The highest BCUT2D eigenvalue weighted by molar-refractivity contribution is 7.89. The Kier molecular flexibility index (Phi) is 6.32. The molecule has 3 rings (SSSR count). The third kappa shape index (κ3) is 4.27. The van der Waals surface area contributed by atoms with Gasteiger partial charge in [-0.25, -0.2) is 8.42 Å². The molecule has 2 N–H and O–H groups in total. The van der Waals surface area contributed by atoms with E-state index in [9.17, 15) is 13.2 Å². The zero-order valence-electron chi connectivity index (χ0n) is 15.3. The van der Waals surface area contributed by atoms with Crippen LogP contribution < -0.4 is 5.73 Å². The second-order valence-corrected chi connectivity index (χ2v) is 9.26. The summed E-state index contributed by atoms with van der Waals surface area (Å²) >= 11 is 0. The number of likely N-dealkylation sites (tertiary alicyclic amines) is 1. The van der Waals surface area contributed by atoms with E-state index in [4.69, 9.17) is 5.73 Å². The first-order chi connectivity index (χ1) is 12.5. The number of hydrogen-bond donors (Lipinski definition) is 1. The topological polar surface area (TPSA) is 83.7 Å². The van der Waals surface area contributed by atoms with Crippen LogP contribution in [0, 0.1) is 5.92 Å². The molecule has 1 aromatic rings. The quantitative estimate of drug-likeness (QED) is 0.868. The van der Waals surface area contributed by atoms with Crippen LogP contribution >= 0.6 is 0 Å². The number of carbonyl (C=O) groups excluding carboxylic acids is 1. The standard InChI is InChI=1S/C19H29N3O3S/c20-15-16-8-12-21(13-9-16)19(23)17-6-5-7-18(14-17)26(24,25)22-10-3-1-2-4-11-22/h5-7,14,16H,1-4,8-13,15,20H2. The number of amides is 1. The number of benzene rings is 1. The molecule has 2 aliphatic rings. The molecule has 2 heterocycles. The molecule has 26 heavy (non-hydrogen) atoms. The Labute approximate surface area is 156 Å². The Morgan fingerprint density at radius 2 is 1.69 bits per heavy atom. The summed E-state index contributed by atoms with van der Waals surface area (Å²) in [6.45, 7) is 3.15. The summed E-state index contributed by atoms with van der Waals surface area (Å²) in [6, 6.07) is 6.51. The lowest BCUT2D eigenvalue weighted by Gasteiger charge is -2.31. The van der Waals surface area contributed by atoms with Gasteiger partial charge in [-0.2, -0.15) is 4.31 Å². The van der Waals surface area contributed by atoms with Crippen LogP contribution in [-0.2, 0) is 10.0 Å². The lowest BCUT2D eigenvalue weighted by atomic mass is 9.96. The van der Waals surface area contributed by atoms with E-state index in [0.29, 0.717) is 44.2 Å². The average Bonchev–Trinajstić information content (AvgIpc) is 2.98. The lowest BCUT2D eigenvalue weighted by molar-refractivity contribution is 0.0693. The van der Waals surface area contributed by atoms with Crippen molar-refractivity contribution in [2.75, 3.05) is 32.7 Å². The minimum absolute atomic E-state index is 0.0895. The van der Waals surface area contributed by atoms with Gasteiger partial charge >= 0.3 is 0 Å². The zero-order valence-corrected chi connectivity index (χ0v) is 16.1. The van der Waals surface area contributed by atoms with E-state index in [1.165, 1.54) is 6.07 Å². The van der Waals surface area contributed by atoms with Crippen LogP contribution in [0.4, 0.5) is 0 Å². The highest BCUT2D eigenvalue weighted by Gasteiger charge is 2.27. The Morgan fingerprint density at radius 1 is 1.04 bits per heavy atom. The number of piperidine rings is 1. The Balaban J connectivity index is 1.76. The zero-order chi connectivity index (χ0) is 18.6. The minimum Gasteiger partial charge on any atom is -0.339 e. The molecule has 7 heteroatoms. The molecule has 144 valence electrons. The van der Waals surface area contributed by atoms with Gasteiger partial charge in [-0.05, 0) is 56.3 Å². The molecule has 0 radical (unpaired) electrons. The summed E-state index contributed by atoms with van der Waals surface area (Å²) in [5.41, 5.74) is 6.16. The number of hydrogen-bond acceptors (Lipinski definition) is 4. The molecule has 0 aromatic heterocycles. The first-order valence-electron chi connectivity index (χ1n) is 9.62. The Morgan fingerprint density at radius 3 is 2.31 bits per heavy atom. The van der Waals surface area contributed by atoms with Crippen molar-refractivity contribution >= 4 is 15.9 Å². The van der Waals surface area contributed by atoms with Crippen LogP contribution in [-0.4, -0.2) is 56.3 Å². The summed E-state index contributed by atoms with van der Waals surface area (Å²) in [7, 11) is -3.54. The van der Waals surface area contributed by atoms with Crippen molar-refractivity contribution in [2.24, 2.45) is 11.7 Å². The van der Waals surface area contributed by atoms with E-state index in [-0.39, 0.29) is 10.8 Å². The Bertz CT molecular complexity index is 719. The highest BCUT2D eigenvalue weighted by Crippen LogP contribution is 2.23. The lowest BCUT2D eigenvalue weighted by Crippen LogP contribution is -2.40. The third-order valence-electron chi connectivity index (χ3n) is 5.52. The van der Waals surface area contributed by atoms with Crippen LogP contribution in [0.15, 0.2) is 29.2 Å². The van der Waals surface area contributed by atoms with Crippen LogP contribution in [0.2, 0.25) is 0 Å². The maximum absolute atomic E-state index is 13.0. The van der Waals surface area contributed by atoms with Gasteiger partial charge in [0.25, 0.3) is 5.91 Å². The van der Waals surface area contributed by atoms with E-state index >= 15 is 0 Å². The van der Waals surface area contributed by atoms with Gasteiger partial charge in [-0.15, -0.1) is 0 Å². The fourth-order valence-electron chi connectivity index (χ4n) is 3.78. The average molecular weight is 380 g/mol. The van der Waals surface area contributed by atoms with Crippen molar-refractivity contribution in [2.45, 2.75) is 43.4 Å². The summed E-state index contributed by atoms with van der Waals surface area (Å²) < 4.78 is 27.5. The van der Waals surface area contributed by atoms with Crippen molar-refractivity contribution < 1.29 is 13.2 Å². The first kappa shape index (κ1) is 19.3. The summed E-state index contributed by atoms with van der Waals surface area (Å²) in [5, 5.41) is 0. The minimum atomic E-state index is -3.54. The normalized spacial score (nSPS) is 20.7. The predicted octanol–water partition coefficient (Wildman–Crippen LogP) is 2.06. The van der Waals surface area contributed by atoms with Crippen molar-refractivity contribution in [1.29, 1.82) is 0 Å². The number of rotatable bonds is 4. The van der Waals surface area contributed by atoms with Crippen molar-refractivity contribution in [1.82, 2.24) is 9.21 Å². The van der Waals surface area contributed by atoms with Gasteiger partial charge in [0.1, 0.15) is 0 Å². The van der Waals surface area contributed by atoms with E-state index in [1.807, 2.05) is 4.90 Å². The van der Waals surface area contributed by atoms with Gasteiger partial charge in [-0.3, -0.25) is 4.79 Å². The fraction of sp³-hybridized carbons (Fsp3) is 0.632. The molecule has 1 aromatic carbocycles. The second kappa shape index (κ2) is 8.50. The summed E-state index contributed by atoms with van der Waals surface area (Å²) in [4.78, 5) is 14.8. The molecule has 6 nitrogen and oxygen atoms in total. The predicted molar refractivity (Wildman–Crippen MR) is 101 cm³/mol. The van der Waals surface area contributed by atoms with Crippen molar-refractivity contribution in [3.05, 3.63) is 29.8 Å². The molecule has 0 unspecified atom stereocenters. The molecule has 0 atom stereocenters. The van der Waals surface area contributed by atoms with Gasteiger partial charge in [0.15, 0.2) is 0 Å². The van der Waals surface area contributed by atoms with E-state index in [2.05, 4.69) is 0 Å². The summed E-state index contributed by atoms with van der Waals surface area (Å²) in [5.74, 6) is 0.391. The molecule has 0 bridgehead atoms. The SMILES string of the molecule is NCC1CCN(C(=O)c2cccc(S(=O)(=O)N3CCCCCC3)c2)CC1. The number of sulfonamides is 1. The van der Waals surface area contributed by atoms with Gasteiger partial charge in [0, 0.05) is 31.7 Å². The van der Waals surface area contributed by atoms with Gasteiger partial charge < -0.3 is 10.6 Å². The smallest absolute Gasteiger partial charge is 0.253 e. The number of carbonyl (C=O) groups is 1. The molecule has 2 fully saturated rings. The number of nitrogens with two attached hydrogens (primary N) is 1. The molecule has 0 saturated carbocycles. The van der Waals surface area contributed by atoms with Crippen LogP contribution in [0.3, 0.4) is 0 Å². The van der Waals surface area contributed by atoms with E-state index < -0.39 is 10.0 Å². The first-order valence-corrected chi connectivity index (χ1v) is 11.1. The highest BCUT2D eigenvalue weighted by atomic mass is 32.2. The molecule has 2 aliphatic heterocycles.